The average molecular weight is 286 g/mol. The predicted molar refractivity (Wildman–Crippen MR) is 71.3 cm³/mol. The third kappa shape index (κ3) is 7.08. The van der Waals surface area contributed by atoms with Crippen LogP contribution in [0.4, 0.5) is 0 Å². The Morgan fingerprint density at radius 1 is 0.900 bits per heavy atom. The maximum absolute atomic E-state index is 11.9. The third-order valence-corrected chi connectivity index (χ3v) is 3.31. The molecule has 0 heterocycles. The van der Waals surface area contributed by atoms with Crippen LogP contribution in [0.2, 0.25) is 0 Å². The highest BCUT2D eigenvalue weighted by molar-refractivity contribution is 5.80. The van der Waals surface area contributed by atoms with Crippen LogP contribution in [0.1, 0.15) is 38.5 Å². The van der Waals surface area contributed by atoms with Crippen molar-refractivity contribution in [2.45, 2.75) is 44.6 Å². The van der Waals surface area contributed by atoms with Crippen LogP contribution in [0.25, 0.3) is 0 Å². The summed E-state index contributed by atoms with van der Waals surface area (Å²) in [5.74, 6) is -2.60. The molecule has 0 aromatic rings. The fourth-order valence-electron chi connectivity index (χ4n) is 2.45. The van der Waals surface area contributed by atoms with E-state index >= 15 is 0 Å². The average Bonchev–Trinajstić information content (AvgIpc) is 2.55. The Hall–Kier alpha value is -1.63. The van der Waals surface area contributed by atoms with Gasteiger partial charge in [0.25, 0.3) is 0 Å². The number of amides is 1. The van der Waals surface area contributed by atoms with Crippen LogP contribution < -0.4 is 5.32 Å². The third-order valence-electron chi connectivity index (χ3n) is 3.31. The van der Waals surface area contributed by atoms with E-state index < -0.39 is 25.0 Å². The molecule has 0 radical (unpaired) electrons. The first-order chi connectivity index (χ1) is 9.47. The first kappa shape index (κ1) is 16.4. The van der Waals surface area contributed by atoms with Gasteiger partial charge in [0, 0.05) is 6.04 Å². The van der Waals surface area contributed by atoms with Crippen molar-refractivity contribution in [1.82, 2.24) is 10.2 Å². The van der Waals surface area contributed by atoms with Gasteiger partial charge in [-0.25, -0.2) is 0 Å². The van der Waals surface area contributed by atoms with Gasteiger partial charge in [-0.3, -0.25) is 19.3 Å². The monoisotopic (exact) mass is 286 g/mol. The van der Waals surface area contributed by atoms with Crippen molar-refractivity contribution in [2.24, 2.45) is 0 Å². The van der Waals surface area contributed by atoms with Crippen molar-refractivity contribution in [3.8, 4) is 0 Å². The van der Waals surface area contributed by atoms with Gasteiger partial charge in [0.15, 0.2) is 0 Å². The molecule has 20 heavy (non-hydrogen) atoms. The van der Waals surface area contributed by atoms with Crippen LogP contribution in [0, 0.1) is 0 Å². The molecule has 0 aliphatic heterocycles. The molecule has 1 saturated carbocycles. The summed E-state index contributed by atoms with van der Waals surface area (Å²) >= 11 is 0. The summed E-state index contributed by atoms with van der Waals surface area (Å²) in [6.07, 6.45) is 6.39. The van der Waals surface area contributed by atoms with Crippen LogP contribution in [0.3, 0.4) is 0 Å². The van der Waals surface area contributed by atoms with E-state index in [-0.39, 0.29) is 18.5 Å². The van der Waals surface area contributed by atoms with Crippen LogP contribution in [0.5, 0.6) is 0 Å². The lowest BCUT2D eigenvalue weighted by Gasteiger charge is -2.21. The molecule has 7 heteroatoms. The van der Waals surface area contributed by atoms with E-state index in [2.05, 4.69) is 5.32 Å². The molecular formula is C13H22N2O5. The largest absolute Gasteiger partial charge is 0.480 e. The van der Waals surface area contributed by atoms with Crippen molar-refractivity contribution in [3.63, 3.8) is 0 Å². The van der Waals surface area contributed by atoms with Gasteiger partial charge in [-0.2, -0.15) is 0 Å². The summed E-state index contributed by atoms with van der Waals surface area (Å²) in [4.78, 5) is 34.2. The van der Waals surface area contributed by atoms with Crippen LogP contribution in [-0.2, 0) is 14.4 Å². The Kier molecular flexibility index (Phi) is 7.00. The normalized spacial score (nSPS) is 16.6. The van der Waals surface area contributed by atoms with Gasteiger partial charge in [0.05, 0.1) is 19.6 Å². The number of nitrogens with one attached hydrogen (secondary N) is 1. The second-order valence-corrected chi connectivity index (χ2v) is 5.19. The molecule has 0 unspecified atom stereocenters. The molecule has 0 bridgehead atoms. The zero-order valence-corrected chi connectivity index (χ0v) is 11.5. The van der Waals surface area contributed by atoms with Crippen molar-refractivity contribution >= 4 is 17.8 Å². The van der Waals surface area contributed by atoms with Gasteiger partial charge in [0.1, 0.15) is 0 Å². The molecule has 0 saturated heterocycles. The SMILES string of the molecule is O=C(O)CN(CC(=O)O)CC(=O)NC1CCCCCC1. The molecule has 1 amide bonds. The number of carbonyl (C=O) groups excluding carboxylic acids is 1. The van der Waals surface area contributed by atoms with E-state index in [1.165, 1.54) is 12.8 Å². The molecule has 0 atom stereocenters. The molecule has 114 valence electrons. The predicted octanol–water partition coefficient (Wildman–Crippen LogP) is 0.297. The molecule has 1 fully saturated rings. The highest BCUT2D eigenvalue weighted by atomic mass is 16.4. The number of hydrogen-bond donors (Lipinski definition) is 3. The highest BCUT2D eigenvalue weighted by Crippen LogP contribution is 2.17. The van der Waals surface area contributed by atoms with Crippen LogP contribution in [-0.4, -0.2) is 58.6 Å². The second-order valence-electron chi connectivity index (χ2n) is 5.19. The fraction of sp³-hybridized carbons (Fsp3) is 0.769. The standard InChI is InChI=1S/C13H22N2O5/c16-11(14-10-5-3-1-2-4-6-10)7-15(8-12(17)18)9-13(19)20/h10H,1-9H2,(H,14,16)(H,17,18)(H,19,20). The lowest BCUT2D eigenvalue weighted by atomic mass is 10.1. The Labute approximate surface area is 117 Å². The molecule has 1 aliphatic rings. The zero-order chi connectivity index (χ0) is 15.0. The zero-order valence-electron chi connectivity index (χ0n) is 11.5. The van der Waals surface area contributed by atoms with Gasteiger partial charge in [-0.1, -0.05) is 25.7 Å². The van der Waals surface area contributed by atoms with E-state index in [1.54, 1.807) is 0 Å². The molecule has 0 aromatic carbocycles. The van der Waals surface area contributed by atoms with Crippen molar-refractivity contribution in [3.05, 3.63) is 0 Å². The first-order valence-electron chi connectivity index (χ1n) is 6.92. The van der Waals surface area contributed by atoms with E-state index in [0.29, 0.717) is 0 Å². The highest BCUT2D eigenvalue weighted by Gasteiger charge is 2.19. The minimum atomic E-state index is -1.14. The Balaban J connectivity index is 2.43. The number of carboxylic acids is 2. The molecular weight excluding hydrogens is 264 g/mol. The first-order valence-corrected chi connectivity index (χ1v) is 6.92. The number of carbonyl (C=O) groups is 3. The van der Waals surface area contributed by atoms with Crippen molar-refractivity contribution < 1.29 is 24.6 Å². The molecule has 1 aliphatic carbocycles. The number of rotatable bonds is 7. The smallest absolute Gasteiger partial charge is 0.317 e. The molecule has 1 rings (SSSR count). The number of aliphatic carboxylic acids is 2. The maximum atomic E-state index is 11.9. The summed E-state index contributed by atoms with van der Waals surface area (Å²) < 4.78 is 0. The van der Waals surface area contributed by atoms with Gasteiger partial charge >= 0.3 is 11.9 Å². The summed E-state index contributed by atoms with van der Waals surface area (Å²) in [5, 5.41) is 20.3. The van der Waals surface area contributed by atoms with E-state index in [0.717, 1.165) is 30.6 Å². The van der Waals surface area contributed by atoms with E-state index in [9.17, 15) is 14.4 Å². The van der Waals surface area contributed by atoms with E-state index in [4.69, 9.17) is 10.2 Å². The topological polar surface area (TPSA) is 107 Å². The quantitative estimate of drug-likeness (QED) is 0.581. The summed E-state index contributed by atoms with van der Waals surface area (Å²) in [5.41, 5.74) is 0. The number of hydrogen-bond acceptors (Lipinski definition) is 4. The Morgan fingerprint density at radius 2 is 1.40 bits per heavy atom. The number of nitrogens with zero attached hydrogens (tertiary/aromatic N) is 1. The molecule has 0 spiro atoms. The maximum Gasteiger partial charge on any atom is 0.317 e. The minimum absolute atomic E-state index is 0.126. The van der Waals surface area contributed by atoms with Gasteiger partial charge in [-0.05, 0) is 12.8 Å². The molecule has 3 N–H and O–H groups in total. The summed E-state index contributed by atoms with van der Waals surface area (Å²) in [7, 11) is 0. The lowest BCUT2D eigenvalue weighted by Crippen LogP contribution is -2.45. The van der Waals surface area contributed by atoms with Crippen molar-refractivity contribution in [1.29, 1.82) is 0 Å². The van der Waals surface area contributed by atoms with E-state index in [1.807, 2.05) is 0 Å². The lowest BCUT2D eigenvalue weighted by molar-refractivity contribution is -0.142. The summed E-state index contributed by atoms with van der Waals surface area (Å²) in [6.45, 7) is -1.11. The summed E-state index contributed by atoms with van der Waals surface area (Å²) in [6, 6.07) is 0.126. The second kappa shape index (κ2) is 8.52. The van der Waals surface area contributed by atoms with Crippen LogP contribution >= 0.6 is 0 Å². The minimum Gasteiger partial charge on any atom is -0.480 e. The Bertz CT molecular complexity index is 335. The molecule has 7 nitrogen and oxygen atoms in total. The molecule has 0 aromatic heterocycles. The van der Waals surface area contributed by atoms with Crippen molar-refractivity contribution in [2.75, 3.05) is 19.6 Å². The van der Waals surface area contributed by atoms with Crippen LogP contribution in [0.15, 0.2) is 0 Å². The fourth-order valence-corrected chi connectivity index (χ4v) is 2.45. The van der Waals surface area contributed by atoms with Gasteiger partial charge in [-0.15, -0.1) is 0 Å². The Morgan fingerprint density at radius 3 is 1.85 bits per heavy atom. The van der Waals surface area contributed by atoms with Gasteiger partial charge in [0.2, 0.25) is 5.91 Å². The number of carboxylic acid groups (broad SMARTS) is 2. The van der Waals surface area contributed by atoms with Gasteiger partial charge < -0.3 is 15.5 Å².